The number of hydrogen-bond donors (Lipinski definition) is 2. The van der Waals surface area contributed by atoms with Gasteiger partial charge in [-0.3, -0.25) is 10.1 Å². The highest BCUT2D eigenvalue weighted by Gasteiger charge is 2.21. The first-order valence-corrected chi connectivity index (χ1v) is 5.88. The molecule has 1 atom stereocenters. The van der Waals surface area contributed by atoms with E-state index in [0.717, 1.165) is 11.5 Å². The minimum atomic E-state index is -1.04. The van der Waals surface area contributed by atoms with Gasteiger partial charge in [0.05, 0.1) is 6.20 Å². The second-order valence-corrected chi connectivity index (χ2v) is 4.28. The summed E-state index contributed by atoms with van der Waals surface area (Å²) >= 11 is 1.04. The van der Waals surface area contributed by atoms with Crippen LogP contribution in [-0.2, 0) is 4.79 Å². The van der Waals surface area contributed by atoms with Gasteiger partial charge in [-0.2, -0.15) is 0 Å². The molecule has 94 valence electrons. The summed E-state index contributed by atoms with van der Waals surface area (Å²) in [7, 11) is 0. The van der Waals surface area contributed by atoms with E-state index in [1.165, 1.54) is 11.1 Å². The number of urea groups is 1. The third-order valence-electron chi connectivity index (χ3n) is 2.28. The van der Waals surface area contributed by atoms with Crippen molar-refractivity contribution in [3.63, 3.8) is 0 Å². The van der Waals surface area contributed by atoms with E-state index in [0.29, 0.717) is 11.4 Å². The summed E-state index contributed by atoms with van der Waals surface area (Å²) in [6.45, 7) is 3.36. The molecule has 0 bridgehead atoms. The molecule has 1 unspecified atom stereocenters. The zero-order chi connectivity index (χ0) is 12.8. The van der Waals surface area contributed by atoms with Crippen LogP contribution in [0.4, 0.5) is 9.80 Å². The van der Waals surface area contributed by atoms with Gasteiger partial charge in [-0.05, 0) is 13.3 Å². The van der Waals surface area contributed by atoms with Gasteiger partial charge in [0.15, 0.2) is 0 Å². The number of anilines is 1. The molecule has 8 heteroatoms. The van der Waals surface area contributed by atoms with Gasteiger partial charge in [-0.25, -0.2) is 4.79 Å². The SMILES string of the molecule is CCC(C)N(CC(=O)O)C(=O)Nc1cnns1. The van der Waals surface area contributed by atoms with Crippen LogP contribution in [0.3, 0.4) is 0 Å². The van der Waals surface area contributed by atoms with Gasteiger partial charge in [0.1, 0.15) is 11.5 Å². The Kier molecular flexibility index (Phi) is 4.83. The minimum Gasteiger partial charge on any atom is -0.480 e. The van der Waals surface area contributed by atoms with Crippen LogP contribution in [0.25, 0.3) is 0 Å². The molecule has 17 heavy (non-hydrogen) atoms. The summed E-state index contributed by atoms with van der Waals surface area (Å²) < 4.78 is 3.60. The van der Waals surface area contributed by atoms with Crippen molar-refractivity contribution in [2.24, 2.45) is 0 Å². The van der Waals surface area contributed by atoms with Crippen molar-refractivity contribution in [3.8, 4) is 0 Å². The molecular weight excluding hydrogens is 244 g/mol. The molecule has 0 saturated carbocycles. The van der Waals surface area contributed by atoms with E-state index >= 15 is 0 Å². The molecule has 0 radical (unpaired) electrons. The fourth-order valence-electron chi connectivity index (χ4n) is 1.19. The fraction of sp³-hybridized carbons (Fsp3) is 0.556. The number of nitrogens with one attached hydrogen (secondary N) is 1. The fourth-order valence-corrected chi connectivity index (χ4v) is 1.60. The molecule has 0 aliphatic carbocycles. The summed E-state index contributed by atoms with van der Waals surface area (Å²) in [5, 5.41) is 15.4. The number of hydrogen-bond acceptors (Lipinski definition) is 5. The Labute approximate surface area is 103 Å². The van der Waals surface area contributed by atoms with E-state index in [2.05, 4.69) is 14.9 Å². The monoisotopic (exact) mass is 258 g/mol. The average Bonchev–Trinajstić information content (AvgIpc) is 2.77. The number of aliphatic carboxylic acids is 1. The van der Waals surface area contributed by atoms with Gasteiger partial charge in [-0.1, -0.05) is 11.4 Å². The maximum atomic E-state index is 11.8. The summed E-state index contributed by atoms with van der Waals surface area (Å²) in [5.41, 5.74) is 0. The second kappa shape index (κ2) is 6.14. The van der Waals surface area contributed by atoms with Gasteiger partial charge in [0, 0.05) is 17.6 Å². The van der Waals surface area contributed by atoms with Gasteiger partial charge in [0.25, 0.3) is 0 Å². The van der Waals surface area contributed by atoms with Crippen molar-refractivity contribution >= 4 is 28.5 Å². The Morgan fingerprint density at radius 1 is 1.65 bits per heavy atom. The van der Waals surface area contributed by atoms with E-state index < -0.39 is 12.0 Å². The first kappa shape index (κ1) is 13.4. The van der Waals surface area contributed by atoms with Gasteiger partial charge in [0.2, 0.25) is 0 Å². The van der Waals surface area contributed by atoms with E-state index in [4.69, 9.17) is 5.11 Å². The number of amides is 2. The average molecular weight is 258 g/mol. The predicted molar refractivity (Wildman–Crippen MR) is 63.0 cm³/mol. The number of carboxylic acids is 1. The second-order valence-electron chi connectivity index (χ2n) is 3.49. The van der Waals surface area contributed by atoms with Crippen LogP contribution in [0.1, 0.15) is 20.3 Å². The molecule has 1 aromatic rings. The summed E-state index contributed by atoms with van der Waals surface area (Å²) in [4.78, 5) is 23.8. The van der Waals surface area contributed by atoms with Crippen LogP contribution in [0.15, 0.2) is 6.20 Å². The standard InChI is InChI=1S/C9H14N4O3S/c1-3-6(2)13(5-8(14)15)9(16)11-7-4-10-12-17-7/h4,6H,3,5H2,1-2H3,(H,11,16)(H,14,15). The van der Waals surface area contributed by atoms with Crippen molar-refractivity contribution in [1.82, 2.24) is 14.5 Å². The highest BCUT2D eigenvalue weighted by Crippen LogP contribution is 2.12. The first-order chi connectivity index (χ1) is 8.04. The molecule has 1 aromatic heterocycles. The molecule has 0 saturated heterocycles. The molecule has 1 heterocycles. The van der Waals surface area contributed by atoms with Crippen LogP contribution in [0, 0.1) is 0 Å². The van der Waals surface area contributed by atoms with Gasteiger partial charge >= 0.3 is 12.0 Å². The maximum absolute atomic E-state index is 11.8. The molecule has 0 aliphatic rings. The molecule has 0 spiro atoms. The molecule has 2 N–H and O–H groups in total. The molecule has 0 aromatic carbocycles. The molecule has 2 amide bonds. The van der Waals surface area contributed by atoms with Crippen LogP contribution in [0.2, 0.25) is 0 Å². The zero-order valence-electron chi connectivity index (χ0n) is 9.58. The van der Waals surface area contributed by atoms with Crippen molar-refractivity contribution < 1.29 is 14.7 Å². The third-order valence-corrected chi connectivity index (χ3v) is 2.86. The molecule has 0 fully saturated rings. The number of aromatic nitrogens is 2. The summed E-state index contributed by atoms with van der Waals surface area (Å²) in [5.74, 6) is -1.04. The van der Waals surface area contributed by atoms with Crippen LogP contribution >= 0.6 is 11.5 Å². The lowest BCUT2D eigenvalue weighted by Gasteiger charge is -2.26. The van der Waals surface area contributed by atoms with Gasteiger partial charge < -0.3 is 10.0 Å². The topological polar surface area (TPSA) is 95.4 Å². The molecular formula is C9H14N4O3S. The van der Waals surface area contributed by atoms with Crippen molar-refractivity contribution in [1.29, 1.82) is 0 Å². The summed E-state index contributed by atoms with van der Waals surface area (Å²) in [6.07, 6.45) is 2.10. The quantitative estimate of drug-likeness (QED) is 0.828. The van der Waals surface area contributed by atoms with E-state index in [1.54, 1.807) is 6.92 Å². The first-order valence-electron chi connectivity index (χ1n) is 5.11. The highest BCUT2D eigenvalue weighted by molar-refractivity contribution is 7.10. The van der Waals surface area contributed by atoms with Crippen molar-refractivity contribution in [3.05, 3.63) is 6.20 Å². The number of carbonyl (C=O) groups is 2. The normalized spacial score (nSPS) is 11.9. The maximum Gasteiger partial charge on any atom is 0.323 e. The Morgan fingerprint density at radius 2 is 2.35 bits per heavy atom. The predicted octanol–water partition coefficient (Wildman–Crippen LogP) is 1.26. The lowest BCUT2D eigenvalue weighted by molar-refractivity contribution is -0.138. The van der Waals surface area contributed by atoms with Gasteiger partial charge in [-0.15, -0.1) is 5.10 Å². The minimum absolute atomic E-state index is 0.146. The lowest BCUT2D eigenvalue weighted by atomic mass is 10.2. The molecule has 0 aliphatic heterocycles. The molecule has 1 rings (SSSR count). The van der Waals surface area contributed by atoms with E-state index in [9.17, 15) is 9.59 Å². The zero-order valence-corrected chi connectivity index (χ0v) is 10.4. The number of carbonyl (C=O) groups excluding carboxylic acids is 1. The lowest BCUT2D eigenvalue weighted by Crippen LogP contribution is -2.44. The number of rotatable bonds is 5. The number of carboxylic acid groups (broad SMARTS) is 1. The Bertz CT molecular complexity index is 382. The van der Waals surface area contributed by atoms with Crippen LogP contribution < -0.4 is 5.32 Å². The van der Waals surface area contributed by atoms with Crippen LogP contribution in [0.5, 0.6) is 0 Å². The largest absolute Gasteiger partial charge is 0.480 e. The van der Waals surface area contributed by atoms with Crippen molar-refractivity contribution in [2.75, 3.05) is 11.9 Å². The van der Waals surface area contributed by atoms with Crippen molar-refractivity contribution in [2.45, 2.75) is 26.3 Å². The van der Waals surface area contributed by atoms with E-state index in [1.807, 2.05) is 6.92 Å². The summed E-state index contributed by atoms with van der Waals surface area (Å²) in [6, 6.07) is -0.597. The smallest absolute Gasteiger partial charge is 0.323 e. The number of nitrogens with zero attached hydrogens (tertiary/aromatic N) is 3. The Hall–Kier alpha value is -1.70. The molecule has 7 nitrogen and oxygen atoms in total. The van der Waals surface area contributed by atoms with E-state index in [-0.39, 0.29) is 12.6 Å². The Morgan fingerprint density at radius 3 is 2.82 bits per heavy atom. The van der Waals surface area contributed by atoms with Crippen LogP contribution in [-0.4, -0.2) is 44.2 Å². The Balaban J connectivity index is 2.68. The third kappa shape index (κ3) is 3.99. The highest BCUT2D eigenvalue weighted by atomic mass is 32.1.